The normalized spacial score (nSPS) is 16.8. The van der Waals surface area contributed by atoms with Gasteiger partial charge in [-0.1, -0.05) is 32.0 Å². The molecular formula is C17H23N3. The smallest absolute Gasteiger partial charge is 0.0726 e. The number of hydrogen-bond donors (Lipinski definition) is 2. The molecule has 0 unspecified atom stereocenters. The maximum absolute atomic E-state index is 6.11. The fourth-order valence-corrected chi connectivity index (χ4v) is 2.91. The number of nitrogens with zero attached hydrogens (tertiary/aromatic N) is 1. The molecule has 106 valence electrons. The van der Waals surface area contributed by atoms with Gasteiger partial charge in [-0.3, -0.25) is 4.98 Å². The largest absolute Gasteiger partial charge is 0.398 e. The number of anilines is 1. The van der Waals surface area contributed by atoms with Crippen LogP contribution in [0.1, 0.15) is 32.4 Å². The van der Waals surface area contributed by atoms with Crippen molar-refractivity contribution in [3.8, 4) is 0 Å². The lowest BCUT2D eigenvalue weighted by molar-refractivity contribution is 0.337. The van der Waals surface area contributed by atoms with Gasteiger partial charge in [0.15, 0.2) is 0 Å². The van der Waals surface area contributed by atoms with Crippen molar-refractivity contribution in [3.63, 3.8) is 0 Å². The van der Waals surface area contributed by atoms with Gasteiger partial charge in [-0.25, -0.2) is 0 Å². The predicted octanol–water partition coefficient (Wildman–Crippen LogP) is 3.34. The van der Waals surface area contributed by atoms with Crippen molar-refractivity contribution in [2.24, 2.45) is 11.3 Å². The zero-order chi connectivity index (χ0) is 14.2. The summed E-state index contributed by atoms with van der Waals surface area (Å²) < 4.78 is 0. The number of rotatable bonds is 5. The number of fused-ring (bicyclic) bond motifs is 1. The molecule has 0 saturated heterocycles. The van der Waals surface area contributed by atoms with Crippen molar-refractivity contribution in [2.75, 3.05) is 12.3 Å². The van der Waals surface area contributed by atoms with Crippen molar-refractivity contribution >= 4 is 16.6 Å². The van der Waals surface area contributed by atoms with Crippen LogP contribution in [0.15, 0.2) is 30.3 Å². The second-order valence-corrected chi connectivity index (χ2v) is 6.34. The number of nitrogen functional groups attached to an aromatic ring is 1. The third-order valence-corrected chi connectivity index (χ3v) is 4.70. The summed E-state index contributed by atoms with van der Waals surface area (Å²) in [5.74, 6) is 0.754. The van der Waals surface area contributed by atoms with Gasteiger partial charge >= 0.3 is 0 Å². The highest BCUT2D eigenvalue weighted by atomic mass is 14.9. The molecule has 1 aliphatic carbocycles. The summed E-state index contributed by atoms with van der Waals surface area (Å²) in [6.45, 7) is 6.52. The number of para-hydroxylation sites is 1. The lowest BCUT2D eigenvalue weighted by Gasteiger charge is -2.20. The summed E-state index contributed by atoms with van der Waals surface area (Å²) in [5, 5.41) is 4.60. The molecule has 0 amide bonds. The second-order valence-electron chi connectivity index (χ2n) is 6.34. The zero-order valence-corrected chi connectivity index (χ0v) is 12.3. The van der Waals surface area contributed by atoms with E-state index in [2.05, 4.69) is 24.1 Å². The number of hydrogen-bond acceptors (Lipinski definition) is 3. The van der Waals surface area contributed by atoms with E-state index in [1.165, 1.54) is 12.8 Å². The van der Waals surface area contributed by atoms with Gasteiger partial charge in [0.1, 0.15) is 0 Å². The van der Waals surface area contributed by atoms with Crippen LogP contribution in [0.4, 0.5) is 5.69 Å². The molecule has 1 heterocycles. The van der Waals surface area contributed by atoms with Gasteiger partial charge < -0.3 is 11.1 Å². The Kier molecular flexibility index (Phi) is 3.38. The van der Waals surface area contributed by atoms with Crippen LogP contribution in [0.25, 0.3) is 10.9 Å². The zero-order valence-electron chi connectivity index (χ0n) is 12.3. The Labute approximate surface area is 120 Å². The van der Waals surface area contributed by atoms with E-state index in [4.69, 9.17) is 5.73 Å². The molecule has 1 saturated carbocycles. The van der Waals surface area contributed by atoms with Crippen molar-refractivity contribution in [2.45, 2.75) is 33.2 Å². The van der Waals surface area contributed by atoms with Gasteiger partial charge in [0.2, 0.25) is 0 Å². The van der Waals surface area contributed by atoms with E-state index in [1.54, 1.807) is 0 Å². The van der Waals surface area contributed by atoms with Gasteiger partial charge in [0.25, 0.3) is 0 Å². The molecule has 0 spiro atoms. The Morgan fingerprint density at radius 1 is 1.30 bits per heavy atom. The first-order valence-electron chi connectivity index (χ1n) is 7.46. The van der Waals surface area contributed by atoms with E-state index >= 15 is 0 Å². The molecule has 1 aromatic carbocycles. The lowest BCUT2D eigenvalue weighted by atomic mass is 9.92. The third kappa shape index (κ3) is 2.50. The molecular weight excluding hydrogens is 246 g/mol. The highest BCUT2D eigenvalue weighted by molar-refractivity contribution is 5.90. The quantitative estimate of drug-likeness (QED) is 0.875. The Morgan fingerprint density at radius 3 is 2.75 bits per heavy atom. The summed E-state index contributed by atoms with van der Waals surface area (Å²) in [5.41, 5.74) is 9.46. The summed E-state index contributed by atoms with van der Waals surface area (Å²) in [6.07, 6.45) is 2.70. The number of nitrogens with one attached hydrogen (secondary N) is 1. The number of benzene rings is 1. The summed E-state index contributed by atoms with van der Waals surface area (Å²) in [4.78, 5) is 4.68. The molecule has 1 aliphatic rings. The average molecular weight is 269 g/mol. The molecule has 1 fully saturated rings. The van der Waals surface area contributed by atoms with Crippen LogP contribution in [-0.4, -0.2) is 11.5 Å². The van der Waals surface area contributed by atoms with Crippen LogP contribution in [0.3, 0.4) is 0 Å². The molecule has 1 aromatic heterocycles. The van der Waals surface area contributed by atoms with Crippen LogP contribution in [-0.2, 0) is 6.54 Å². The monoisotopic (exact) mass is 269 g/mol. The first-order valence-corrected chi connectivity index (χ1v) is 7.46. The Hall–Kier alpha value is -1.61. The van der Waals surface area contributed by atoms with Crippen molar-refractivity contribution < 1.29 is 0 Å². The SMILES string of the molecule is CC(C)C1(CNCc2cc(N)c3ccccc3n2)CC1. The predicted molar refractivity (Wildman–Crippen MR) is 84.4 cm³/mol. The molecule has 3 heteroatoms. The minimum Gasteiger partial charge on any atom is -0.398 e. The topological polar surface area (TPSA) is 50.9 Å². The van der Waals surface area contributed by atoms with Crippen molar-refractivity contribution in [3.05, 3.63) is 36.0 Å². The summed E-state index contributed by atoms with van der Waals surface area (Å²) >= 11 is 0. The number of pyridine rings is 1. The van der Waals surface area contributed by atoms with Crippen LogP contribution < -0.4 is 11.1 Å². The Morgan fingerprint density at radius 2 is 2.05 bits per heavy atom. The van der Waals surface area contributed by atoms with Crippen LogP contribution in [0.5, 0.6) is 0 Å². The highest BCUT2D eigenvalue weighted by Gasteiger charge is 2.44. The third-order valence-electron chi connectivity index (χ3n) is 4.70. The molecule has 0 aliphatic heterocycles. The highest BCUT2D eigenvalue weighted by Crippen LogP contribution is 2.51. The van der Waals surface area contributed by atoms with E-state index < -0.39 is 0 Å². The molecule has 2 aromatic rings. The maximum Gasteiger partial charge on any atom is 0.0726 e. The fourth-order valence-electron chi connectivity index (χ4n) is 2.91. The molecule has 0 radical (unpaired) electrons. The van der Waals surface area contributed by atoms with Crippen LogP contribution >= 0.6 is 0 Å². The first-order chi connectivity index (χ1) is 9.61. The fraction of sp³-hybridized carbons (Fsp3) is 0.471. The summed E-state index contributed by atoms with van der Waals surface area (Å²) in [6, 6.07) is 10.0. The van der Waals surface area contributed by atoms with Gasteiger partial charge in [0, 0.05) is 24.2 Å². The van der Waals surface area contributed by atoms with E-state index in [-0.39, 0.29) is 0 Å². The minimum atomic E-state index is 0.530. The maximum atomic E-state index is 6.11. The molecule has 3 N–H and O–H groups in total. The van der Waals surface area contributed by atoms with E-state index in [9.17, 15) is 0 Å². The molecule has 3 rings (SSSR count). The number of aromatic nitrogens is 1. The van der Waals surface area contributed by atoms with E-state index in [1.807, 2.05) is 30.3 Å². The van der Waals surface area contributed by atoms with Gasteiger partial charge in [-0.05, 0) is 36.3 Å². The Bertz CT molecular complexity index is 615. The van der Waals surface area contributed by atoms with Crippen molar-refractivity contribution in [1.82, 2.24) is 10.3 Å². The minimum absolute atomic E-state index is 0.530. The van der Waals surface area contributed by atoms with Crippen LogP contribution in [0.2, 0.25) is 0 Å². The van der Waals surface area contributed by atoms with E-state index in [0.717, 1.165) is 41.3 Å². The van der Waals surface area contributed by atoms with E-state index in [0.29, 0.717) is 5.41 Å². The Balaban J connectivity index is 1.69. The first kappa shape index (κ1) is 13.4. The van der Waals surface area contributed by atoms with Gasteiger partial charge in [0.05, 0.1) is 11.2 Å². The molecule has 20 heavy (non-hydrogen) atoms. The lowest BCUT2D eigenvalue weighted by Crippen LogP contribution is -2.27. The van der Waals surface area contributed by atoms with Crippen molar-refractivity contribution in [1.29, 1.82) is 0 Å². The standard InChI is InChI=1S/C17H23N3/c1-12(2)17(7-8-17)11-19-10-13-9-15(18)14-5-3-4-6-16(14)20-13/h3-6,9,12,19H,7-8,10-11H2,1-2H3,(H2,18,20). The van der Waals surface area contributed by atoms with Gasteiger partial charge in [-0.2, -0.15) is 0 Å². The molecule has 0 atom stereocenters. The van der Waals surface area contributed by atoms with Crippen LogP contribution in [0, 0.1) is 11.3 Å². The molecule has 0 bridgehead atoms. The second kappa shape index (κ2) is 5.06. The summed E-state index contributed by atoms with van der Waals surface area (Å²) in [7, 11) is 0. The molecule has 3 nitrogen and oxygen atoms in total. The average Bonchev–Trinajstić information content (AvgIpc) is 3.20. The number of nitrogens with two attached hydrogens (primary N) is 1. The van der Waals surface area contributed by atoms with Gasteiger partial charge in [-0.15, -0.1) is 0 Å².